The molecule has 140 valence electrons. The van der Waals surface area contributed by atoms with Crippen molar-refractivity contribution >= 4 is 17.5 Å². The van der Waals surface area contributed by atoms with Crippen molar-refractivity contribution in [2.24, 2.45) is 0 Å². The van der Waals surface area contributed by atoms with Gasteiger partial charge in [0.15, 0.2) is 0 Å². The molecule has 0 aliphatic heterocycles. The van der Waals surface area contributed by atoms with Gasteiger partial charge in [0.1, 0.15) is 11.6 Å². The van der Waals surface area contributed by atoms with Crippen LogP contribution in [0.2, 0.25) is 0 Å². The lowest BCUT2D eigenvalue weighted by atomic mass is 10.1. The number of aromatic nitrogens is 2. The Balaban J connectivity index is 1.69. The first kappa shape index (κ1) is 18.7. The molecule has 0 fully saturated rings. The summed E-state index contributed by atoms with van der Waals surface area (Å²) in [5, 5.41) is 6.73. The van der Waals surface area contributed by atoms with E-state index in [1.54, 1.807) is 7.11 Å². The first-order valence-electron chi connectivity index (χ1n) is 9.11. The summed E-state index contributed by atoms with van der Waals surface area (Å²) in [6, 6.07) is 16.3. The number of nitrogens with zero attached hydrogens (tertiary/aromatic N) is 2. The van der Waals surface area contributed by atoms with Crippen molar-refractivity contribution < 1.29 is 4.74 Å². The molecule has 0 aliphatic carbocycles. The molecular formula is C22H26N4O. The van der Waals surface area contributed by atoms with E-state index in [4.69, 9.17) is 4.74 Å². The summed E-state index contributed by atoms with van der Waals surface area (Å²) in [6.07, 6.45) is 0.834. The summed E-state index contributed by atoms with van der Waals surface area (Å²) < 4.78 is 5.40. The minimum absolute atomic E-state index is 0.623. The number of hydrogen-bond acceptors (Lipinski definition) is 5. The van der Waals surface area contributed by atoms with Gasteiger partial charge in [-0.15, -0.1) is 0 Å². The number of rotatable bonds is 7. The topological polar surface area (TPSA) is 59.1 Å². The molecule has 0 spiro atoms. The van der Waals surface area contributed by atoms with E-state index in [1.165, 1.54) is 11.1 Å². The molecule has 0 bridgehead atoms. The third-order valence-corrected chi connectivity index (χ3v) is 4.38. The second-order valence-electron chi connectivity index (χ2n) is 6.65. The van der Waals surface area contributed by atoms with Gasteiger partial charge in [-0.25, -0.2) is 4.98 Å². The van der Waals surface area contributed by atoms with E-state index in [-0.39, 0.29) is 0 Å². The van der Waals surface area contributed by atoms with Crippen molar-refractivity contribution in [2.75, 3.05) is 24.3 Å². The Morgan fingerprint density at radius 2 is 1.78 bits per heavy atom. The lowest BCUT2D eigenvalue weighted by molar-refractivity contribution is 0.410. The van der Waals surface area contributed by atoms with Gasteiger partial charge in [0.2, 0.25) is 5.95 Å². The molecule has 0 saturated carbocycles. The van der Waals surface area contributed by atoms with Crippen LogP contribution < -0.4 is 15.4 Å². The van der Waals surface area contributed by atoms with Crippen molar-refractivity contribution in [3.05, 3.63) is 70.9 Å². The van der Waals surface area contributed by atoms with Crippen LogP contribution in [0.5, 0.6) is 5.75 Å². The Morgan fingerprint density at radius 3 is 2.59 bits per heavy atom. The van der Waals surface area contributed by atoms with Gasteiger partial charge in [-0.2, -0.15) is 4.98 Å². The summed E-state index contributed by atoms with van der Waals surface area (Å²) in [5.74, 6) is 2.32. The molecule has 1 heterocycles. The maximum absolute atomic E-state index is 5.40. The van der Waals surface area contributed by atoms with E-state index >= 15 is 0 Å². The zero-order valence-corrected chi connectivity index (χ0v) is 16.3. The third kappa shape index (κ3) is 4.97. The predicted octanol–water partition coefficient (Wildman–Crippen LogP) is 4.81. The SMILES string of the molecule is COc1ccccc1CCNc1nc(C)cc(Nc2cc(C)ccc2C)n1. The largest absolute Gasteiger partial charge is 0.496 e. The quantitative estimate of drug-likeness (QED) is 0.632. The van der Waals surface area contributed by atoms with Crippen LogP contribution in [0.1, 0.15) is 22.4 Å². The fourth-order valence-electron chi connectivity index (χ4n) is 2.94. The number of anilines is 3. The van der Waals surface area contributed by atoms with Crippen LogP contribution in [0.4, 0.5) is 17.5 Å². The number of methoxy groups -OCH3 is 1. The lowest BCUT2D eigenvalue weighted by Crippen LogP contribution is -2.10. The summed E-state index contributed by atoms with van der Waals surface area (Å²) in [5.41, 5.74) is 5.53. The second-order valence-corrected chi connectivity index (χ2v) is 6.65. The average Bonchev–Trinajstić information content (AvgIpc) is 2.65. The van der Waals surface area contributed by atoms with Crippen LogP contribution in [0, 0.1) is 20.8 Å². The summed E-state index contributed by atoms with van der Waals surface area (Å²) in [4.78, 5) is 9.10. The van der Waals surface area contributed by atoms with Gasteiger partial charge in [-0.1, -0.05) is 30.3 Å². The Morgan fingerprint density at radius 1 is 0.963 bits per heavy atom. The molecular weight excluding hydrogens is 336 g/mol. The Labute approximate surface area is 160 Å². The van der Waals surface area contributed by atoms with E-state index in [0.717, 1.165) is 41.5 Å². The molecule has 0 radical (unpaired) electrons. The molecule has 3 aromatic rings. The zero-order chi connectivity index (χ0) is 19.2. The first-order valence-corrected chi connectivity index (χ1v) is 9.11. The Bertz CT molecular complexity index is 924. The number of ether oxygens (including phenoxy) is 1. The standard InChI is InChI=1S/C22H26N4O/c1-15-9-10-16(2)19(13-15)25-21-14-17(3)24-22(26-21)23-12-11-18-7-5-6-8-20(18)27-4/h5-10,13-14H,11-12H2,1-4H3,(H2,23,24,25,26). The number of para-hydroxylation sites is 1. The van der Waals surface area contributed by atoms with E-state index in [0.29, 0.717) is 5.95 Å². The molecule has 0 atom stereocenters. The van der Waals surface area contributed by atoms with Crippen molar-refractivity contribution in [2.45, 2.75) is 27.2 Å². The minimum atomic E-state index is 0.623. The van der Waals surface area contributed by atoms with Crippen LogP contribution in [0.3, 0.4) is 0 Å². The molecule has 5 heteroatoms. The van der Waals surface area contributed by atoms with Crippen molar-refractivity contribution in [1.82, 2.24) is 9.97 Å². The van der Waals surface area contributed by atoms with Crippen molar-refractivity contribution in [1.29, 1.82) is 0 Å². The third-order valence-electron chi connectivity index (χ3n) is 4.38. The van der Waals surface area contributed by atoms with Crippen LogP contribution in [0.15, 0.2) is 48.5 Å². The molecule has 0 amide bonds. The highest BCUT2D eigenvalue weighted by Gasteiger charge is 2.06. The van der Waals surface area contributed by atoms with Crippen LogP contribution in [0.25, 0.3) is 0 Å². The van der Waals surface area contributed by atoms with E-state index < -0.39 is 0 Å². The van der Waals surface area contributed by atoms with Gasteiger partial charge in [0.05, 0.1) is 7.11 Å². The minimum Gasteiger partial charge on any atom is -0.496 e. The lowest BCUT2D eigenvalue weighted by Gasteiger charge is -2.13. The number of hydrogen-bond donors (Lipinski definition) is 2. The Kier molecular flexibility index (Phi) is 5.91. The van der Waals surface area contributed by atoms with Crippen molar-refractivity contribution in [3.8, 4) is 5.75 Å². The van der Waals surface area contributed by atoms with Gasteiger partial charge in [-0.3, -0.25) is 0 Å². The normalized spacial score (nSPS) is 10.5. The highest BCUT2D eigenvalue weighted by molar-refractivity contribution is 5.62. The van der Waals surface area contributed by atoms with E-state index in [1.807, 2.05) is 31.2 Å². The molecule has 27 heavy (non-hydrogen) atoms. The summed E-state index contributed by atoms with van der Waals surface area (Å²) >= 11 is 0. The second kappa shape index (κ2) is 8.54. The summed E-state index contributed by atoms with van der Waals surface area (Å²) in [6.45, 7) is 6.87. The highest BCUT2D eigenvalue weighted by atomic mass is 16.5. The monoisotopic (exact) mass is 362 g/mol. The molecule has 2 aromatic carbocycles. The molecule has 0 saturated heterocycles. The van der Waals surface area contributed by atoms with E-state index in [2.05, 4.69) is 58.7 Å². The summed E-state index contributed by atoms with van der Waals surface area (Å²) in [7, 11) is 1.70. The number of aryl methyl sites for hydroxylation is 3. The molecule has 0 unspecified atom stereocenters. The van der Waals surface area contributed by atoms with Gasteiger partial charge < -0.3 is 15.4 Å². The Hall–Kier alpha value is -3.08. The number of nitrogens with one attached hydrogen (secondary N) is 2. The fourth-order valence-corrected chi connectivity index (χ4v) is 2.94. The van der Waals surface area contributed by atoms with Crippen LogP contribution in [-0.4, -0.2) is 23.6 Å². The average molecular weight is 362 g/mol. The van der Waals surface area contributed by atoms with E-state index in [9.17, 15) is 0 Å². The molecule has 2 N–H and O–H groups in total. The zero-order valence-electron chi connectivity index (χ0n) is 16.3. The smallest absolute Gasteiger partial charge is 0.224 e. The predicted molar refractivity (Wildman–Crippen MR) is 111 cm³/mol. The fraction of sp³-hybridized carbons (Fsp3) is 0.273. The van der Waals surface area contributed by atoms with Gasteiger partial charge >= 0.3 is 0 Å². The first-order chi connectivity index (χ1) is 13.0. The van der Waals surface area contributed by atoms with Gasteiger partial charge in [0, 0.05) is 24.0 Å². The maximum atomic E-state index is 5.40. The van der Waals surface area contributed by atoms with Crippen LogP contribution >= 0.6 is 0 Å². The van der Waals surface area contributed by atoms with Crippen LogP contribution in [-0.2, 0) is 6.42 Å². The van der Waals surface area contributed by atoms with Gasteiger partial charge in [-0.05, 0) is 56.0 Å². The maximum Gasteiger partial charge on any atom is 0.224 e. The van der Waals surface area contributed by atoms with Crippen molar-refractivity contribution in [3.63, 3.8) is 0 Å². The molecule has 0 aliphatic rings. The number of benzene rings is 2. The molecule has 1 aromatic heterocycles. The molecule has 3 rings (SSSR count). The van der Waals surface area contributed by atoms with Gasteiger partial charge in [0.25, 0.3) is 0 Å². The highest BCUT2D eigenvalue weighted by Crippen LogP contribution is 2.22. The molecule has 5 nitrogen and oxygen atoms in total.